The van der Waals surface area contributed by atoms with Crippen LogP contribution in [0.4, 0.5) is 4.39 Å². The first-order valence-electron chi connectivity index (χ1n) is 4.91. The fourth-order valence-electron chi connectivity index (χ4n) is 1.60. The molecular weight excluding hydrogens is 207 g/mol. The van der Waals surface area contributed by atoms with Gasteiger partial charge < -0.3 is 4.98 Å². The Morgan fingerprint density at radius 1 is 1.31 bits per heavy atom. The molecule has 1 heterocycles. The number of nitrogens with zero attached hydrogens (tertiary/aromatic N) is 1. The van der Waals surface area contributed by atoms with Crippen molar-refractivity contribution in [3.8, 4) is 11.3 Å². The molecule has 0 spiro atoms. The summed E-state index contributed by atoms with van der Waals surface area (Å²) in [6.07, 6.45) is 0. The summed E-state index contributed by atoms with van der Waals surface area (Å²) in [5.41, 5.74) is 1.42. The summed E-state index contributed by atoms with van der Waals surface area (Å²) in [5, 5.41) is 0. The third-order valence-corrected chi connectivity index (χ3v) is 2.40. The minimum atomic E-state index is -0.294. The Morgan fingerprint density at radius 3 is 2.75 bits per heavy atom. The van der Waals surface area contributed by atoms with Crippen LogP contribution >= 0.6 is 0 Å². The van der Waals surface area contributed by atoms with Gasteiger partial charge in [0.25, 0.3) is 5.56 Å². The Bertz CT molecular complexity index is 590. The van der Waals surface area contributed by atoms with Gasteiger partial charge in [0.05, 0.1) is 5.69 Å². The molecule has 0 amide bonds. The molecule has 1 N–H and O–H groups in total. The summed E-state index contributed by atoms with van der Waals surface area (Å²) < 4.78 is 13.4. The number of aromatic amines is 1. The number of aryl methyl sites for hydroxylation is 1. The number of H-pyrrole nitrogens is 1. The van der Waals surface area contributed by atoms with E-state index in [-0.39, 0.29) is 11.4 Å². The van der Waals surface area contributed by atoms with E-state index in [1.807, 2.05) is 0 Å². The lowest BCUT2D eigenvalue weighted by molar-refractivity contribution is 0.619. The minimum absolute atomic E-state index is 0.230. The predicted molar refractivity (Wildman–Crippen MR) is 59.7 cm³/mol. The van der Waals surface area contributed by atoms with E-state index < -0.39 is 0 Å². The fraction of sp³-hybridized carbons (Fsp3) is 0.167. The van der Waals surface area contributed by atoms with Crippen LogP contribution in [-0.2, 0) is 0 Å². The number of hydrogen-bond acceptors (Lipinski definition) is 2. The van der Waals surface area contributed by atoms with E-state index in [0.29, 0.717) is 22.6 Å². The van der Waals surface area contributed by atoms with Gasteiger partial charge in [-0.05, 0) is 25.5 Å². The van der Waals surface area contributed by atoms with Gasteiger partial charge in [-0.25, -0.2) is 9.37 Å². The van der Waals surface area contributed by atoms with Gasteiger partial charge in [0, 0.05) is 11.6 Å². The van der Waals surface area contributed by atoms with Crippen LogP contribution in [0.2, 0.25) is 0 Å². The Morgan fingerprint density at radius 2 is 2.06 bits per heavy atom. The van der Waals surface area contributed by atoms with Crippen LogP contribution in [0.1, 0.15) is 11.4 Å². The zero-order valence-electron chi connectivity index (χ0n) is 9.04. The highest BCUT2D eigenvalue weighted by atomic mass is 19.1. The van der Waals surface area contributed by atoms with E-state index in [4.69, 9.17) is 0 Å². The first kappa shape index (κ1) is 10.5. The number of rotatable bonds is 1. The van der Waals surface area contributed by atoms with Crippen LogP contribution in [0.15, 0.2) is 29.1 Å². The highest BCUT2D eigenvalue weighted by Crippen LogP contribution is 2.22. The van der Waals surface area contributed by atoms with E-state index in [1.54, 1.807) is 26.0 Å². The van der Waals surface area contributed by atoms with Crippen molar-refractivity contribution < 1.29 is 4.39 Å². The van der Waals surface area contributed by atoms with Crippen LogP contribution in [0, 0.1) is 19.7 Å². The van der Waals surface area contributed by atoms with Crippen molar-refractivity contribution in [3.63, 3.8) is 0 Å². The average molecular weight is 218 g/mol. The van der Waals surface area contributed by atoms with Gasteiger partial charge in [0.15, 0.2) is 0 Å². The predicted octanol–water partition coefficient (Wildman–Crippen LogP) is 2.19. The molecular formula is C12H11FN2O. The van der Waals surface area contributed by atoms with Crippen LogP contribution in [-0.4, -0.2) is 9.97 Å². The largest absolute Gasteiger partial charge is 0.311 e. The maximum absolute atomic E-state index is 13.4. The molecule has 0 aliphatic rings. The number of nitrogens with one attached hydrogen (secondary N) is 1. The molecule has 4 heteroatoms. The van der Waals surface area contributed by atoms with E-state index >= 15 is 0 Å². The molecule has 1 aromatic carbocycles. The van der Waals surface area contributed by atoms with Crippen molar-refractivity contribution in [2.75, 3.05) is 0 Å². The molecule has 1 aromatic heterocycles. The van der Waals surface area contributed by atoms with Crippen LogP contribution in [0.25, 0.3) is 11.3 Å². The average Bonchev–Trinajstić information content (AvgIpc) is 2.20. The molecule has 2 aromatic rings. The van der Waals surface area contributed by atoms with Gasteiger partial charge in [-0.15, -0.1) is 0 Å². The van der Waals surface area contributed by atoms with Gasteiger partial charge in [-0.2, -0.15) is 0 Å². The highest BCUT2D eigenvalue weighted by Gasteiger charge is 2.08. The zero-order valence-corrected chi connectivity index (χ0v) is 9.04. The second-order valence-electron chi connectivity index (χ2n) is 3.63. The van der Waals surface area contributed by atoms with Crippen LogP contribution in [0.5, 0.6) is 0 Å². The molecule has 16 heavy (non-hydrogen) atoms. The summed E-state index contributed by atoms with van der Waals surface area (Å²) in [4.78, 5) is 18.0. The lowest BCUT2D eigenvalue weighted by Gasteiger charge is -2.06. The Balaban J connectivity index is 2.67. The van der Waals surface area contributed by atoms with Gasteiger partial charge in [-0.3, -0.25) is 4.79 Å². The molecule has 0 aliphatic heterocycles. The zero-order chi connectivity index (χ0) is 11.7. The molecule has 0 atom stereocenters. The quantitative estimate of drug-likeness (QED) is 0.797. The topological polar surface area (TPSA) is 45.8 Å². The summed E-state index contributed by atoms with van der Waals surface area (Å²) >= 11 is 0. The van der Waals surface area contributed by atoms with Crippen molar-refractivity contribution in [2.45, 2.75) is 13.8 Å². The first-order chi connectivity index (χ1) is 7.58. The molecule has 0 aliphatic carbocycles. The lowest BCUT2D eigenvalue weighted by Crippen LogP contribution is -2.08. The van der Waals surface area contributed by atoms with Gasteiger partial charge in [-0.1, -0.05) is 12.1 Å². The smallest absolute Gasteiger partial charge is 0.251 e. The molecule has 0 fully saturated rings. The van der Waals surface area contributed by atoms with Crippen LogP contribution < -0.4 is 5.56 Å². The van der Waals surface area contributed by atoms with Gasteiger partial charge >= 0.3 is 0 Å². The summed E-state index contributed by atoms with van der Waals surface area (Å²) in [6.45, 7) is 3.36. The van der Waals surface area contributed by atoms with Crippen molar-refractivity contribution in [3.05, 3.63) is 51.8 Å². The summed E-state index contributed by atoms with van der Waals surface area (Å²) in [6, 6.07) is 6.11. The Kier molecular flexibility index (Phi) is 2.56. The van der Waals surface area contributed by atoms with E-state index in [9.17, 15) is 9.18 Å². The maximum atomic E-state index is 13.4. The van der Waals surface area contributed by atoms with Crippen molar-refractivity contribution >= 4 is 0 Å². The van der Waals surface area contributed by atoms with Crippen molar-refractivity contribution in [1.82, 2.24) is 9.97 Å². The van der Waals surface area contributed by atoms with E-state index in [0.717, 1.165) is 0 Å². The van der Waals surface area contributed by atoms with Crippen molar-refractivity contribution in [1.29, 1.82) is 0 Å². The van der Waals surface area contributed by atoms with Gasteiger partial charge in [0.2, 0.25) is 0 Å². The third-order valence-electron chi connectivity index (χ3n) is 2.40. The number of benzene rings is 1. The molecule has 0 saturated heterocycles. The van der Waals surface area contributed by atoms with Crippen molar-refractivity contribution in [2.24, 2.45) is 0 Å². The second-order valence-corrected chi connectivity index (χ2v) is 3.63. The lowest BCUT2D eigenvalue weighted by atomic mass is 10.1. The molecule has 0 radical (unpaired) electrons. The number of aromatic nitrogens is 2. The van der Waals surface area contributed by atoms with Crippen LogP contribution in [0.3, 0.4) is 0 Å². The minimum Gasteiger partial charge on any atom is -0.311 e. The molecule has 2 rings (SSSR count). The summed E-state index contributed by atoms with van der Waals surface area (Å²) in [5.74, 6) is 0.225. The highest BCUT2D eigenvalue weighted by molar-refractivity contribution is 5.63. The molecule has 0 unspecified atom stereocenters. The van der Waals surface area contributed by atoms with Gasteiger partial charge in [0.1, 0.15) is 11.6 Å². The monoisotopic (exact) mass is 218 g/mol. The second kappa shape index (κ2) is 3.89. The summed E-state index contributed by atoms with van der Waals surface area (Å²) in [7, 11) is 0. The fourth-order valence-corrected chi connectivity index (χ4v) is 1.60. The third kappa shape index (κ3) is 1.86. The Labute approximate surface area is 92.0 Å². The Hall–Kier alpha value is -1.97. The normalized spacial score (nSPS) is 10.4. The number of hydrogen-bond donors (Lipinski definition) is 1. The molecule has 82 valence electrons. The number of halogens is 1. The standard InChI is InChI=1S/C12H11FN2O/c1-7-9(4-3-5-10(7)13)11-6-12(16)15-8(2)14-11/h3-6H,1-2H3,(H,14,15,16). The van der Waals surface area contributed by atoms with E-state index in [2.05, 4.69) is 9.97 Å². The SMILES string of the molecule is Cc1nc(-c2cccc(F)c2C)cc(=O)[nH]1. The maximum Gasteiger partial charge on any atom is 0.251 e. The first-order valence-corrected chi connectivity index (χ1v) is 4.91. The van der Waals surface area contributed by atoms with E-state index in [1.165, 1.54) is 12.1 Å². The molecule has 3 nitrogen and oxygen atoms in total. The molecule has 0 bridgehead atoms. The molecule has 0 saturated carbocycles.